The average molecular weight is 223 g/mol. The number of hydrogen-bond acceptors (Lipinski definition) is 4. The van der Waals surface area contributed by atoms with E-state index in [1.807, 2.05) is 18.2 Å². The Kier molecular flexibility index (Phi) is 3.43. The van der Waals surface area contributed by atoms with Gasteiger partial charge in [0.15, 0.2) is 0 Å². The summed E-state index contributed by atoms with van der Waals surface area (Å²) in [5.41, 5.74) is 0.398. The van der Waals surface area contributed by atoms with E-state index in [1.165, 1.54) is 0 Å². The number of nitrogens with one attached hydrogen (secondary N) is 1. The monoisotopic (exact) mass is 223 g/mol. The second-order valence-electron chi connectivity index (χ2n) is 4.01. The van der Waals surface area contributed by atoms with E-state index in [9.17, 15) is 5.11 Å². The van der Waals surface area contributed by atoms with Gasteiger partial charge >= 0.3 is 0 Å². The fraction of sp³-hybridized carbons (Fsp3) is 0.500. The first-order chi connectivity index (χ1) is 7.78. The predicted octanol–water partition coefficient (Wildman–Crippen LogP) is 0.854. The molecule has 1 heterocycles. The van der Waals surface area contributed by atoms with E-state index in [4.69, 9.17) is 9.47 Å². The van der Waals surface area contributed by atoms with Gasteiger partial charge in [-0.25, -0.2) is 0 Å². The second kappa shape index (κ2) is 4.82. The summed E-state index contributed by atoms with van der Waals surface area (Å²) in [6.07, 6.45) is 0. The van der Waals surface area contributed by atoms with Crippen molar-refractivity contribution < 1.29 is 14.6 Å². The summed E-state index contributed by atoms with van der Waals surface area (Å²) in [6, 6.07) is 7.30. The zero-order valence-electron chi connectivity index (χ0n) is 9.40. The van der Waals surface area contributed by atoms with E-state index in [-0.39, 0.29) is 5.75 Å². The standard InChI is InChI=1S/C12H17NO3/c1-15-8-12(9-16-7-6-13-12)10-4-2-3-5-11(10)14/h2-5,13-14H,6-9H2,1H3. The molecule has 2 rings (SSSR count). The Bertz CT molecular complexity index is 342. The molecular weight excluding hydrogens is 206 g/mol. The Morgan fingerprint density at radius 2 is 2.31 bits per heavy atom. The Labute approximate surface area is 95.2 Å². The second-order valence-corrected chi connectivity index (χ2v) is 4.01. The van der Waals surface area contributed by atoms with Crippen molar-refractivity contribution >= 4 is 0 Å². The zero-order chi connectivity index (χ0) is 11.4. The summed E-state index contributed by atoms with van der Waals surface area (Å²) in [4.78, 5) is 0. The molecule has 1 unspecified atom stereocenters. The molecule has 16 heavy (non-hydrogen) atoms. The third kappa shape index (κ3) is 2.04. The lowest BCUT2D eigenvalue weighted by molar-refractivity contribution is -0.0156. The van der Waals surface area contributed by atoms with Crippen molar-refractivity contribution in [1.29, 1.82) is 0 Å². The Hall–Kier alpha value is -1.10. The van der Waals surface area contributed by atoms with Crippen LogP contribution < -0.4 is 5.32 Å². The van der Waals surface area contributed by atoms with Gasteiger partial charge in [0.05, 0.1) is 25.4 Å². The fourth-order valence-corrected chi connectivity index (χ4v) is 2.13. The van der Waals surface area contributed by atoms with E-state index >= 15 is 0 Å². The molecule has 2 N–H and O–H groups in total. The molecule has 0 aliphatic carbocycles. The molecule has 4 nitrogen and oxygen atoms in total. The number of phenolic OH excluding ortho intramolecular Hbond substituents is 1. The van der Waals surface area contributed by atoms with Gasteiger partial charge in [0.2, 0.25) is 0 Å². The van der Waals surface area contributed by atoms with Crippen molar-refractivity contribution in [1.82, 2.24) is 5.32 Å². The van der Waals surface area contributed by atoms with E-state index < -0.39 is 5.54 Å². The van der Waals surface area contributed by atoms with Gasteiger partial charge in [0, 0.05) is 19.2 Å². The summed E-state index contributed by atoms with van der Waals surface area (Å²) in [7, 11) is 1.65. The summed E-state index contributed by atoms with van der Waals surface area (Å²) in [5, 5.41) is 13.3. The van der Waals surface area contributed by atoms with Crippen LogP contribution in [0.4, 0.5) is 0 Å². The molecule has 1 atom stereocenters. The van der Waals surface area contributed by atoms with Crippen LogP contribution in [0.2, 0.25) is 0 Å². The van der Waals surface area contributed by atoms with Crippen molar-refractivity contribution in [3.05, 3.63) is 29.8 Å². The van der Waals surface area contributed by atoms with Gasteiger partial charge in [-0.05, 0) is 6.07 Å². The summed E-state index contributed by atoms with van der Waals surface area (Å²) in [6.45, 7) is 2.44. The maximum Gasteiger partial charge on any atom is 0.120 e. The van der Waals surface area contributed by atoms with Crippen LogP contribution in [0.15, 0.2) is 24.3 Å². The predicted molar refractivity (Wildman–Crippen MR) is 60.5 cm³/mol. The SMILES string of the molecule is COCC1(c2ccccc2O)COCCN1. The number of para-hydroxylation sites is 1. The third-order valence-corrected chi connectivity index (χ3v) is 2.87. The first kappa shape index (κ1) is 11.4. The molecular formula is C12H17NO3. The van der Waals surface area contributed by atoms with Crippen LogP contribution >= 0.6 is 0 Å². The van der Waals surface area contributed by atoms with E-state index in [0.717, 1.165) is 12.1 Å². The highest BCUT2D eigenvalue weighted by atomic mass is 16.5. The molecule has 0 aromatic heterocycles. The maximum atomic E-state index is 9.90. The highest BCUT2D eigenvalue weighted by Gasteiger charge is 2.36. The molecule has 1 aromatic rings. The van der Waals surface area contributed by atoms with Crippen LogP contribution in [0, 0.1) is 0 Å². The summed E-state index contributed by atoms with van der Waals surface area (Å²) >= 11 is 0. The fourth-order valence-electron chi connectivity index (χ4n) is 2.13. The number of hydrogen-bond donors (Lipinski definition) is 2. The van der Waals surface area contributed by atoms with Gasteiger partial charge in [-0.1, -0.05) is 18.2 Å². The number of rotatable bonds is 3. The minimum absolute atomic E-state index is 0.276. The number of phenols is 1. The number of benzene rings is 1. The number of methoxy groups -OCH3 is 1. The van der Waals surface area contributed by atoms with Gasteiger partial charge in [-0.3, -0.25) is 0 Å². The molecule has 0 amide bonds. The first-order valence-electron chi connectivity index (χ1n) is 5.39. The molecule has 1 fully saturated rings. The molecule has 4 heteroatoms. The molecule has 1 saturated heterocycles. The lowest BCUT2D eigenvalue weighted by Gasteiger charge is -2.38. The first-order valence-corrected chi connectivity index (χ1v) is 5.39. The highest BCUT2D eigenvalue weighted by molar-refractivity contribution is 5.38. The molecule has 0 spiro atoms. The van der Waals surface area contributed by atoms with Gasteiger partial charge in [0.25, 0.3) is 0 Å². The van der Waals surface area contributed by atoms with Crippen LogP contribution in [0.1, 0.15) is 5.56 Å². The maximum absolute atomic E-state index is 9.90. The summed E-state index contributed by atoms with van der Waals surface area (Å²) in [5.74, 6) is 0.276. The van der Waals surface area contributed by atoms with Crippen molar-refractivity contribution in [3.8, 4) is 5.75 Å². The van der Waals surface area contributed by atoms with Crippen molar-refractivity contribution in [2.45, 2.75) is 5.54 Å². The molecule has 0 saturated carbocycles. The number of aromatic hydroxyl groups is 1. The van der Waals surface area contributed by atoms with Crippen molar-refractivity contribution in [3.63, 3.8) is 0 Å². The van der Waals surface area contributed by atoms with E-state index in [1.54, 1.807) is 13.2 Å². The van der Waals surface area contributed by atoms with Crippen LogP contribution in [0.5, 0.6) is 5.75 Å². The quantitative estimate of drug-likeness (QED) is 0.797. The minimum Gasteiger partial charge on any atom is -0.508 e. The molecule has 0 radical (unpaired) electrons. The summed E-state index contributed by atoms with van der Waals surface area (Å²) < 4.78 is 10.7. The lowest BCUT2D eigenvalue weighted by Crippen LogP contribution is -2.54. The highest BCUT2D eigenvalue weighted by Crippen LogP contribution is 2.31. The smallest absolute Gasteiger partial charge is 0.120 e. The molecule has 1 aromatic carbocycles. The Balaban J connectivity index is 2.34. The molecule has 88 valence electrons. The number of morpholine rings is 1. The van der Waals surface area contributed by atoms with E-state index in [2.05, 4.69) is 5.32 Å². The Morgan fingerprint density at radius 1 is 1.50 bits per heavy atom. The van der Waals surface area contributed by atoms with Crippen LogP contribution in [-0.2, 0) is 15.0 Å². The van der Waals surface area contributed by atoms with Crippen LogP contribution in [0.25, 0.3) is 0 Å². The van der Waals surface area contributed by atoms with Gasteiger partial charge in [0.1, 0.15) is 5.75 Å². The van der Waals surface area contributed by atoms with Gasteiger partial charge in [-0.15, -0.1) is 0 Å². The third-order valence-electron chi connectivity index (χ3n) is 2.87. The zero-order valence-corrected chi connectivity index (χ0v) is 9.40. The van der Waals surface area contributed by atoms with E-state index in [0.29, 0.717) is 19.8 Å². The van der Waals surface area contributed by atoms with Gasteiger partial charge in [-0.2, -0.15) is 0 Å². The minimum atomic E-state index is -0.432. The largest absolute Gasteiger partial charge is 0.508 e. The van der Waals surface area contributed by atoms with Crippen LogP contribution in [-0.4, -0.2) is 38.6 Å². The van der Waals surface area contributed by atoms with Crippen molar-refractivity contribution in [2.24, 2.45) is 0 Å². The molecule has 1 aliphatic heterocycles. The molecule has 0 bridgehead atoms. The van der Waals surface area contributed by atoms with Gasteiger partial charge < -0.3 is 19.9 Å². The number of ether oxygens (including phenoxy) is 2. The molecule has 1 aliphatic rings. The topological polar surface area (TPSA) is 50.7 Å². The normalized spacial score (nSPS) is 25.6. The lowest BCUT2D eigenvalue weighted by atomic mass is 9.89. The average Bonchev–Trinajstić information content (AvgIpc) is 2.31. The Morgan fingerprint density at radius 3 is 2.94 bits per heavy atom. The van der Waals surface area contributed by atoms with Crippen LogP contribution in [0.3, 0.4) is 0 Å². The van der Waals surface area contributed by atoms with Crippen molar-refractivity contribution in [2.75, 3.05) is 33.5 Å².